The van der Waals surface area contributed by atoms with E-state index in [2.05, 4.69) is 43.5 Å². The maximum absolute atomic E-state index is 12.5. The smallest absolute Gasteiger partial charge is 0.305 e. The van der Waals surface area contributed by atoms with Crippen LogP contribution in [0.3, 0.4) is 0 Å². The van der Waals surface area contributed by atoms with E-state index in [1.807, 2.05) is 6.08 Å². The van der Waals surface area contributed by atoms with Crippen LogP contribution >= 0.6 is 0 Å². The van der Waals surface area contributed by atoms with Crippen molar-refractivity contribution in [2.45, 2.75) is 373 Å². The summed E-state index contributed by atoms with van der Waals surface area (Å²) >= 11 is 0. The minimum absolute atomic E-state index is 0.000159. The molecule has 0 saturated carbocycles. The Labute approximate surface area is 462 Å². The minimum Gasteiger partial charge on any atom is -0.466 e. The van der Waals surface area contributed by atoms with Crippen molar-refractivity contribution in [2.75, 3.05) is 13.2 Å². The average Bonchev–Trinajstić information content (AvgIpc) is 3.40. The van der Waals surface area contributed by atoms with Crippen molar-refractivity contribution >= 4 is 11.9 Å². The zero-order valence-electron chi connectivity index (χ0n) is 49.8. The van der Waals surface area contributed by atoms with Gasteiger partial charge in [0, 0.05) is 12.8 Å². The largest absolute Gasteiger partial charge is 0.466 e. The molecule has 436 valence electrons. The Morgan fingerprint density at radius 2 is 0.703 bits per heavy atom. The molecular weight excluding hydrogens is 911 g/mol. The molecule has 0 radical (unpaired) electrons. The Morgan fingerprint density at radius 3 is 1.08 bits per heavy atom. The van der Waals surface area contributed by atoms with Crippen LogP contribution in [0.5, 0.6) is 0 Å². The summed E-state index contributed by atoms with van der Waals surface area (Å²) in [6.45, 7) is 4.86. The summed E-state index contributed by atoms with van der Waals surface area (Å²) in [4.78, 5) is 24.5. The van der Waals surface area contributed by atoms with Crippen LogP contribution in [-0.2, 0) is 14.3 Å². The fraction of sp³-hybridized carbons (Fsp3) is 0.882. The number of aliphatic hydroxyl groups is 2. The molecule has 0 aliphatic carbocycles. The summed E-state index contributed by atoms with van der Waals surface area (Å²) in [6.07, 6.45) is 80.6. The predicted molar refractivity (Wildman–Crippen MR) is 324 cm³/mol. The quantitative estimate of drug-likeness (QED) is 0.0320. The molecule has 2 atom stereocenters. The van der Waals surface area contributed by atoms with Crippen molar-refractivity contribution in [3.8, 4) is 0 Å². The highest BCUT2D eigenvalue weighted by Crippen LogP contribution is 2.18. The lowest BCUT2D eigenvalue weighted by atomic mass is 10.0. The molecule has 0 aliphatic rings. The van der Waals surface area contributed by atoms with Gasteiger partial charge in [-0.3, -0.25) is 9.59 Å². The number of carbonyl (C=O) groups is 2. The number of nitrogens with one attached hydrogen (secondary N) is 1. The third-order valence-electron chi connectivity index (χ3n) is 15.4. The molecule has 0 aromatic heterocycles. The molecule has 0 aromatic carbocycles. The lowest BCUT2D eigenvalue weighted by molar-refractivity contribution is -0.143. The summed E-state index contributed by atoms with van der Waals surface area (Å²) in [6, 6.07) is -0.628. The number of amides is 1. The average molecular weight is 1040 g/mol. The molecule has 2 unspecified atom stereocenters. The SMILES string of the molecule is CCC/C=C\C/C=C\CCCCCCCC(=O)OCCCCCCCCCCCCCCCCCCCCCCCCCCC(=O)NC(CO)C(O)/C=C/CCCCCCCCCCCCCCCCCCCC. The number of unbranched alkanes of at least 4 members (excludes halogenated alkanes) is 47. The van der Waals surface area contributed by atoms with Gasteiger partial charge >= 0.3 is 5.97 Å². The van der Waals surface area contributed by atoms with Crippen molar-refractivity contribution in [3.63, 3.8) is 0 Å². The van der Waals surface area contributed by atoms with Crippen molar-refractivity contribution in [1.82, 2.24) is 5.32 Å². The lowest BCUT2D eigenvalue weighted by Gasteiger charge is -2.20. The molecule has 0 rings (SSSR count). The molecule has 1 amide bonds. The first kappa shape index (κ1) is 72.1. The van der Waals surface area contributed by atoms with Crippen LogP contribution in [-0.4, -0.2) is 47.4 Å². The Morgan fingerprint density at radius 1 is 0.378 bits per heavy atom. The second-order valence-corrected chi connectivity index (χ2v) is 22.8. The van der Waals surface area contributed by atoms with E-state index >= 15 is 0 Å². The first-order chi connectivity index (χ1) is 36.5. The summed E-state index contributed by atoms with van der Waals surface area (Å²) in [7, 11) is 0. The number of hydrogen-bond acceptors (Lipinski definition) is 5. The molecule has 74 heavy (non-hydrogen) atoms. The summed E-state index contributed by atoms with van der Waals surface area (Å²) < 4.78 is 5.47. The van der Waals surface area contributed by atoms with Gasteiger partial charge in [-0.1, -0.05) is 326 Å². The Hall–Kier alpha value is -1.92. The topological polar surface area (TPSA) is 95.9 Å². The number of hydrogen-bond donors (Lipinski definition) is 3. The van der Waals surface area contributed by atoms with E-state index in [9.17, 15) is 19.8 Å². The van der Waals surface area contributed by atoms with Crippen molar-refractivity contribution in [3.05, 3.63) is 36.5 Å². The summed E-state index contributed by atoms with van der Waals surface area (Å²) in [5.74, 6) is -0.0641. The fourth-order valence-corrected chi connectivity index (χ4v) is 10.3. The number of ether oxygens (including phenoxy) is 1. The van der Waals surface area contributed by atoms with Crippen molar-refractivity contribution in [2.24, 2.45) is 0 Å². The van der Waals surface area contributed by atoms with Gasteiger partial charge in [0.05, 0.1) is 25.4 Å². The Bertz CT molecular complexity index is 1200. The molecule has 0 aromatic rings. The normalized spacial score (nSPS) is 12.8. The maximum Gasteiger partial charge on any atom is 0.305 e. The van der Waals surface area contributed by atoms with Gasteiger partial charge in [0.15, 0.2) is 0 Å². The van der Waals surface area contributed by atoms with E-state index in [1.165, 1.54) is 283 Å². The molecule has 0 heterocycles. The van der Waals surface area contributed by atoms with E-state index in [4.69, 9.17) is 4.74 Å². The van der Waals surface area contributed by atoms with E-state index in [0.717, 1.165) is 51.4 Å². The molecular formula is C68H129NO5. The van der Waals surface area contributed by atoms with Crippen LogP contribution in [0.1, 0.15) is 361 Å². The number of rotatable bonds is 62. The van der Waals surface area contributed by atoms with Crippen LogP contribution in [0.4, 0.5) is 0 Å². The van der Waals surface area contributed by atoms with Gasteiger partial charge in [-0.25, -0.2) is 0 Å². The van der Waals surface area contributed by atoms with Crippen LogP contribution in [0, 0.1) is 0 Å². The van der Waals surface area contributed by atoms with E-state index in [-0.39, 0.29) is 18.5 Å². The zero-order valence-corrected chi connectivity index (χ0v) is 49.8. The third-order valence-corrected chi connectivity index (χ3v) is 15.4. The van der Waals surface area contributed by atoms with Crippen LogP contribution in [0.2, 0.25) is 0 Å². The van der Waals surface area contributed by atoms with Gasteiger partial charge in [-0.2, -0.15) is 0 Å². The van der Waals surface area contributed by atoms with E-state index in [0.29, 0.717) is 19.4 Å². The van der Waals surface area contributed by atoms with Gasteiger partial charge in [0.2, 0.25) is 5.91 Å². The molecule has 6 heteroatoms. The summed E-state index contributed by atoms with van der Waals surface area (Å²) in [5.41, 5.74) is 0. The Kier molecular flexibility index (Phi) is 62.0. The van der Waals surface area contributed by atoms with Crippen molar-refractivity contribution in [1.29, 1.82) is 0 Å². The minimum atomic E-state index is -0.845. The lowest BCUT2D eigenvalue weighted by Crippen LogP contribution is -2.45. The Balaban J connectivity index is 3.40. The molecule has 3 N–H and O–H groups in total. The fourth-order valence-electron chi connectivity index (χ4n) is 10.3. The van der Waals surface area contributed by atoms with E-state index < -0.39 is 12.1 Å². The highest BCUT2D eigenvalue weighted by atomic mass is 16.5. The maximum atomic E-state index is 12.5. The standard InChI is InChI=1S/C68H129NO5/c1-3-5-7-9-11-13-15-17-18-19-20-27-30-33-37-40-44-48-52-56-60-66(71)65(64-70)69-67(72)61-57-53-49-45-41-38-34-31-28-25-23-21-22-24-26-29-32-35-39-43-47-51-55-59-63-74-68(73)62-58-54-50-46-42-36-16-14-12-10-8-6-4-2/h8,10,14,16,56,60,65-66,70-71H,3-7,9,11-13,15,17-55,57-59,61-64H2,1-2H3,(H,69,72)/b10-8-,16-14-,60-56+. The summed E-state index contributed by atoms with van der Waals surface area (Å²) in [5, 5.41) is 23.2. The van der Waals surface area contributed by atoms with Gasteiger partial charge < -0.3 is 20.3 Å². The molecule has 0 fully saturated rings. The number of aliphatic hydroxyl groups excluding tert-OH is 2. The highest BCUT2D eigenvalue weighted by molar-refractivity contribution is 5.76. The van der Waals surface area contributed by atoms with Crippen LogP contribution in [0.15, 0.2) is 36.5 Å². The molecule has 0 bridgehead atoms. The first-order valence-corrected chi connectivity index (χ1v) is 33.3. The molecule has 0 saturated heterocycles. The highest BCUT2D eigenvalue weighted by Gasteiger charge is 2.18. The predicted octanol–water partition coefficient (Wildman–Crippen LogP) is 21.1. The van der Waals surface area contributed by atoms with Crippen molar-refractivity contribution < 1.29 is 24.5 Å². The van der Waals surface area contributed by atoms with Gasteiger partial charge in [-0.05, 0) is 57.8 Å². The molecule has 0 aliphatic heterocycles. The molecule has 6 nitrogen and oxygen atoms in total. The second-order valence-electron chi connectivity index (χ2n) is 22.8. The van der Waals surface area contributed by atoms with Gasteiger partial charge in [0.25, 0.3) is 0 Å². The number of allylic oxidation sites excluding steroid dienone is 5. The second kappa shape index (κ2) is 63.6. The zero-order chi connectivity index (χ0) is 53.6. The van der Waals surface area contributed by atoms with Gasteiger partial charge in [-0.15, -0.1) is 0 Å². The van der Waals surface area contributed by atoms with E-state index in [1.54, 1.807) is 6.08 Å². The first-order valence-electron chi connectivity index (χ1n) is 33.3. The van der Waals surface area contributed by atoms with Crippen LogP contribution in [0.25, 0.3) is 0 Å². The monoisotopic (exact) mass is 1040 g/mol. The number of carbonyl (C=O) groups excluding carboxylic acids is 2. The van der Waals surface area contributed by atoms with Crippen LogP contribution < -0.4 is 5.32 Å². The van der Waals surface area contributed by atoms with Gasteiger partial charge in [0.1, 0.15) is 0 Å². The number of esters is 1. The third kappa shape index (κ3) is 59.3. The molecule has 0 spiro atoms.